The van der Waals surface area contributed by atoms with Gasteiger partial charge in [0, 0.05) is 37.5 Å². The van der Waals surface area contributed by atoms with Crippen molar-refractivity contribution in [3.8, 4) is 28.7 Å². The van der Waals surface area contributed by atoms with Gasteiger partial charge in [0.15, 0.2) is 5.82 Å². The Morgan fingerprint density at radius 1 is 1.06 bits per heavy atom. The molecule has 0 aliphatic carbocycles. The van der Waals surface area contributed by atoms with Crippen LogP contribution in [0.3, 0.4) is 0 Å². The Morgan fingerprint density at radius 3 is 2.63 bits per heavy atom. The Bertz CT molecular complexity index is 1290. The van der Waals surface area contributed by atoms with E-state index in [0.29, 0.717) is 60.8 Å². The molecule has 10 nitrogen and oxygen atoms in total. The second-order valence-electron chi connectivity index (χ2n) is 8.79. The van der Waals surface area contributed by atoms with Crippen molar-refractivity contribution < 1.29 is 18.6 Å². The normalized spacial score (nSPS) is 15.2. The van der Waals surface area contributed by atoms with Gasteiger partial charge in [-0.3, -0.25) is 9.78 Å². The van der Waals surface area contributed by atoms with E-state index in [1.807, 2.05) is 47.4 Å². The summed E-state index contributed by atoms with van der Waals surface area (Å²) in [5.41, 5.74) is 1.14. The molecule has 1 aliphatic heterocycles. The van der Waals surface area contributed by atoms with Crippen LogP contribution < -0.4 is 4.74 Å². The van der Waals surface area contributed by atoms with Crippen molar-refractivity contribution in [1.29, 1.82) is 0 Å². The highest BCUT2D eigenvalue weighted by atomic mass is 16.5. The minimum absolute atomic E-state index is 0.0615. The van der Waals surface area contributed by atoms with E-state index >= 15 is 0 Å². The number of carbonyl (C=O) groups is 1. The van der Waals surface area contributed by atoms with Crippen molar-refractivity contribution in [3.05, 3.63) is 60.4 Å². The summed E-state index contributed by atoms with van der Waals surface area (Å²) < 4.78 is 16.2. The van der Waals surface area contributed by atoms with E-state index in [2.05, 4.69) is 32.2 Å². The van der Waals surface area contributed by atoms with E-state index in [0.717, 1.165) is 18.4 Å². The van der Waals surface area contributed by atoms with Gasteiger partial charge < -0.3 is 18.7 Å². The second-order valence-corrected chi connectivity index (χ2v) is 8.79. The van der Waals surface area contributed by atoms with Crippen LogP contribution in [0.4, 0.5) is 0 Å². The number of likely N-dealkylation sites (tertiary alicyclic amines) is 1. The Morgan fingerprint density at radius 2 is 1.86 bits per heavy atom. The van der Waals surface area contributed by atoms with Crippen molar-refractivity contribution in [3.63, 3.8) is 0 Å². The van der Waals surface area contributed by atoms with Crippen LogP contribution in [-0.4, -0.2) is 56.3 Å². The zero-order valence-corrected chi connectivity index (χ0v) is 19.7. The van der Waals surface area contributed by atoms with Gasteiger partial charge in [-0.25, -0.2) is 0 Å². The first-order valence-corrected chi connectivity index (χ1v) is 11.5. The molecule has 1 amide bonds. The van der Waals surface area contributed by atoms with E-state index < -0.39 is 0 Å². The molecule has 1 aromatic carbocycles. The maximum atomic E-state index is 12.8. The second kappa shape index (κ2) is 9.65. The van der Waals surface area contributed by atoms with Gasteiger partial charge in [-0.1, -0.05) is 35.4 Å². The molecule has 0 atom stereocenters. The molecule has 1 fully saturated rings. The van der Waals surface area contributed by atoms with Crippen LogP contribution in [0.2, 0.25) is 0 Å². The standard InChI is InChI=1S/C25H26N6O4/c1-25(24-28-23(35-30-24)18-8-5-6-14-26-18)12-15-31(16-13-25)21(32)11-10-20-27-22(29-34-20)17-7-3-4-9-19(17)33-2/h3-9,14H,10-13,15-16H2,1-2H3. The van der Waals surface area contributed by atoms with E-state index in [4.69, 9.17) is 13.8 Å². The summed E-state index contributed by atoms with van der Waals surface area (Å²) >= 11 is 0. The number of carbonyl (C=O) groups excluding carboxylic acids is 1. The number of piperidine rings is 1. The van der Waals surface area contributed by atoms with Crippen LogP contribution in [0.15, 0.2) is 57.7 Å². The van der Waals surface area contributed by atoms with Gasteiger partial charge in [-0.15, -0.1) is 0 Å². The fourth-order valence-corrected chi connectivity index (χ4v) is 4.20. The van der Waals surface area contributed by atoms with Crippen LogP contribution in [0.1, 0.15) is 37.9 Å². The van der Waals surface area contributed by atoms with Crippen LogP contribution in [0.25, 0.3) is 23.0 Å². The molecule has 3 aromatic heterocycles. The minimum Gasteiger partial charge on any atom is -0.496 e. The van der Waals surface area contributed by atoms with Gasteiger partial charge in [0.1, 0.15) is 11.4 Å². The number of para-hydroxylation sites is 1. The Kier molecular flexibility index (Phi) is 6.26. The van der Waals surface area contributed by atoms with Gasteiger partial charge in [0.05, 0.1) is 12.7 Å². The number of amides is 1. The fraction of sp³-hybridized carbons (Fsp3) is 0.360. The quantitative estimate of drug-likeness (QED) is 0.395. The highest BCUT2D eigenvalue weighted by Crippen LogP contribution is 2.34. The lowest BCUT2D eigenvalue weighted by atomic mass is 9.79. The number of aromatic nitrogens is 5. The lowest BCUT2D eigenvalue weighted by molar-refractivity contribution is -0.132. The SMILES string of the molecule is COc1ccccc1-c1noc(CCC(=O)N2CCC(C)(c3noc(-c4ccccn4)n3)CC2)n1. The van der Waals surface area contributed by atoms with Crippen molar-refractivity contribution in [2.75, 3.05) is 20.2 Å². The Balaban J connectivity index is 1.16. The number of hydrogen-bond acceptors (Lipinski definition) is 9. The van der Waals surface area contributed by atoms with Crippen LogP contribution in [-0.2, 0) is 16.6 Å². The molecule has 10 heteroatoms. The van der Waals surface area contributed by atoms with Crippen molar-refractivity contribution >= 4 is 5.91 Å². The smallest absolute Gasteiger partial charge is 0.276 e. The van der Waals surface area contributed by atoms with Crippen molar-refractivity contribution in [1.82, 2.24) is 30.2 Å². The average Bonchev–Trinajstić information content (AvgIpc) is 3.59. The molecular formula is C25H26N6O4. The van der Waals surface area contributed by atoms with Crippen LogP contribution in [0.5, 0.6) is 5.75 Å². The fourth-order valence-electron chi connectivity index (χ4n) is 4.20. The summed E-state index contributed by atoms with van der Waals surface area (Å²) in [6.07, 6.45) is 3.87. The van der Waals surface area contributed by atoms with Crippen molar-refractivity contribution in [2.45, 2.75) is 38.0 Å². The molecule has 1 saturated heterocycles. The maximum Gasteiger partial charge on any atom is 0.276 e. The number of methoxy groups -OCH3 is 1. The zero-order chi connectivity index (χ0) is 24.3. The topological polar surface area (TPSA) is 120 Å². The summed E-state index contributed by atoms with van der Waals surface area (Å²) in [7, 11) is 1.60. The Hall–Kier alpha value is -4.08. The summed E-state index contributed by atoms with van der Waals surface area (Å²) in [4.78, 5) is 28.0. The molecular weight excluding hydrogens is 448 g/mol. The number of pyridine rings is 1. The predicted molar refractivity (Wildman–Crippen MR) is 125 cm³/mol. The highest BCUT2D eigenvalue weighted by molar-refractivity contribution is 5.76. The number of hydrogen-bond donors (Lipinski definition) is 0. The number of aryl methyl sites for hydroxylation is 1. The third-order valence-electron chi connectivity index (χ3n) is 6.44. The van der Waals surface area contributed by atoms with E-state index in [-0.39, 0.29) is 11.3 Å². The molecule has 0 radical (unpaired) electrons. The minimum atomic E-state index is -0.260. The first-order chi connectivity index (χ1) is 17.1. The average molecular weight is 475 g/mol. The molecule has 1 aliphatic rings. The summed E-state index contributed by atoms with van der Waals surface area (Å²) in [6, 6.07) is 13.0. The number of rotatable bonds is 7. The molecule has 5 rings (SSSR count). The molecule has 0 N–H and O–H groups in total. The molecule has 180 valence electrons. The third-order valence-corrected chi connectivity index (χ3v) is 6.44. The summed E-state index contributed by atoms with van der Waals surface area (Å²) in [6.45, 7) is 3.36. The van der Waals surface area contributed by atoms with Gasteiger partial charge in [0.25, 0.3) is 5.89 Å². The first kappa shape index (κ1) is 22.7. The number of benzene rings is 1. The zero-order valence-electron chi connectivity index (χ0n) is 19.7. The highest BCUT2D eigenvalue weighted by Gasteiger charge is 2.37. The van der Waals surface area contributed by atoms with Gasteiger partial charge >= 0.3 is 0 Å². The van der Waals surface area contributed by atoms with Crippen LogP contribution >= 0.6 is 0 Å². The molecule has 0 saturated carbocycles. The predicted octanol–water partition coefficient (Wildman–Crippen LogP) is 3.70. The molecule has 4 aromatic rings. The van der Waals surface area contributed by atoms with Gasteiger partial charge in [0.2, 0.25) is 17.6 Å². The largest absolute Gasteiger partial charge is 0.496 e. The first-order valence-electron chi connectivity index (χ1n) is 11.5. The summed E-state index contributed by atoms with van der Waals surface area (Å²) in [5.74, 6) is 2.67. The molecule has 0 spiro atoms. The van der Waals surface area contributed by atoms with Crippen LogP contribution in [0, 0.1) is 0 Å². The third kappa shape index (κ3) is 4.77. The van der Waals surface area contributed by atoms with Gasteiger partial charge in [-0.2, -0.15) is 9.97 Å². The lowest BCUT2D eigenvalue weighted by Crippen LogP contribution is -2.44. The molecule has 4 heterocycles. The molecule has 35 heavy (non-hydrogen) atoms. The number of nitrogens with zero attached hydrogens (tertiary/aromatic N) is 6. The Labute approximate surface area is 202 Å². The van der Waals surface area contributed by atoms with E-state index in [1.165, 1.54) is 0 Å². The maximum absolute atomic E-state index is 12.8. The monoisotopic (exact) mass is 474 g/mol. The van der Waals surface area contributed by atoms with Crippen molar-refractivity contribution in [2.24, 2.45) is 0 Å². The van der Waals surface area contributed by atoms with E-state index in [9.17, 15) is 4.79 Å². The molecule has 0 bridgehead atoms. The van der Waals surface area contributed by atoms with E-state index in [1.54, 1.807) is 13.3 Å². The summed E-state index contributed by atoms with van der Waals surface area (Å²) in [5, 5.41) is 8.25. The van der Waals surface area contributed by atoms with Gasteiger partial charge in [-0.05, 0) is 37.1 Å². The lowest BCUT2D eigenvalue weighted by Gasteiger charge is -2.37. The number of ether oxygens (including phenoxy) is 1. The molecule has 0 unspecified atom stereocenters.